The molecule has 1 saturated heterocycles. The van der Waals surface area contributed by atoms with Crippen LogP contribution in [0.1, 0.15) is 51.1 Å². The standard InChI is InChI=1S/C26H31ClN6O4S/c1-14(2)33-8-5-18-22(13-33)38-26(31-18)25(37)30-21-12-32(7-6-23(34)35)11-20(21)29-24(36)19-10-15-9-16(27)3-4-17(15)28-19/h3-4,9-10,14,20-21,28H,5-8,11-13H2,1-2H3,(H,29,36)(H,30,37)(H,34,35). The van der Waals surface area contributed by atoms with Crippen molar-refractivity contribution < 1.29 is 19.5 Å². The van der Waals surface area contributed by atoms with Crippen LogP contribution in [0.3, 0.4) is 0 Å². The molecular formula is C26H31ClN6O4S. The molecule has 4 heterocycles. The molecule has 1 fully saturated rings. The molecule has 12 heteroatoms. The number of hydrogen-bond donors (Lipinski definition) is 4. The van der Waals surface area contributed by atoms with E-state index in [4.69, 9.17) is 16.7 Å². The highest BCUT2D eigenvalue weighted by Gasteiger charge is 2.36. The van der Waals surface area contributed by atoms with E-state index in [1.54, 1.807) is 18.2 Å². The number of carboxylic acid groups (broad SMARTS) is 1. The zero-order chi connectivity index (χ0) is 27.0. The third kappa shape index (κ3) is 5.85. The minimum Gasteiger partial charge on any atom is -0.481 e. The summed E-state index contributed by atoms with van der Waals surface area (Å²) in [5.74, 6) is -1.47. The van der Waals surface area contributed by atoms with Gasteiger partial charge in [-0.2, -0.15) is 0 Å². The number of halogens is 1. The Morgan fingerprint density at radius 3 is 2.63 bits per heavy atom. The van der Waals surface area contributed by atoms with Crippen LogP contribution in [-0.2, 0) is 17.8 Å². The van der Waals surface area contributed by atoms with Crippen LogP contribution in [0.15, 0.2) is 24.3 Å². The Bertz CT molecular complexity index is 1370. The first-order valence-electron chi connectivity index (χ1n) is 12.7. The number of thiazole rings is 1. The molecule has 0 radical (unpaired) electrons. The van der Waals surface area contributed by atoms with Gasteiger partial charge in [-0.3, -0.25) is 24.2 Å². The molecule has 0 bridgehead atoms. The largest absolute Gasteiger partial charge is 0.481 e. The SMILES string of the molecule is CC(C)N1CCc2nc(C(=O)NC3CN(CCC(=O)O)CC3NC(=O)c3cc4cc(Cl)ccc4[nH]3)sc2C1. The number of aromatic nitrogens is 2. The Morgan fingerprint density at radius 2 is 1.92 bits per heavy atom. The molecule has 2 atom stereocenters. The maximum absolute atomic E-state index is 13.2. The number of H-pyrrole nitrogens is 1. The molecule has 2 aliphatic rings. The zero-order valence-corrected chi connectivity index (χ0v) is 22.9. The van der Waals surface area contributed by atoms with Gasteiger partial charge in [0.15, 0.2) is 5.01 Å². The summed E-state index contributed by atoms with van der Waals surface area (Å²) in [6.45, 7) is 7.22. The van der Waals surface area contributed by atoms with E-state index in [9.17, 15) is 14.4 Å². The van der Waals surface area contributed by atoms with Crippen LogP contribution in [-0.4, -0.2) is 87.0 Å². The molecule has 1 aromatic carbocycles. The third-order valence-electron chi connectivity index (χ3n) is 7.18. The lowest BCUT2D eigenvalue weighted by Gasteiger charge is -2.29. The number of carboxylic acids is 1. The molecule has 3 aromatic rings. The molecule has 2 amide bonds. The predicted molar refractivity (Wildman–Crippen MR) is 146 cm³/mol. The fourth-order valence-corrected chi connectivity index (χ4v) is 6.29. The summed E-state index contributed by atoms with van der Waals surface area (Å²) >= 11 is 7.50. The number of aliphatic carboxylic acids is 1. The Morgan fingerprint density at radius 1 is 1.18 bits per heavy atom. The molecule has 10 nitrogen and oxygen atoms in total. The van der Waals surface area contributed by atoms with Gasteiger partial charge in [0.05, 0.1) is 24.2 Å². The van der Waals surface area contributed by atoms with Gasteiger partial charge in [0.25, 0.3) is 11.8 Å². The second-order valence-electron chi connectivity index (χ2n) is 10.2. The van der Waals surface area contributed by atoms with E-state index in [1.165, 1.54) is 11.3 Å². The number of nitrogens with zero attached hydrogens (tertiary/aromatic N) is 3. The molecule has 0 saturated carbocycles. The highest BCUT2D eigenvalue weighted by atomic mass is 35.5. The van der Waals surface area contributed by atoms with Crippen LogP contribution in [0.5, 0.6) is 0 Å². The first-order chi connectivity index (χ1) is 18.2. The summed E-state index contributed by atoms with van der Waals surface area (Å²) in [7, 11) is 0. The molecule has 2 aliphatic heterocycles. The van der Waals surface area contributed by atoms with Crippen molar-refractivity contribution in [2.75, 3.05) is 26.2 Å². The number of aromatic amines is 1. The zero-order valence-electron chi connectivity index (χ0n) is 21.3. The topological polar surface area (TPSA) is 131 Å². The summed E-state index contributed by atoms with van der Waals surface area (Å²) in [4.78, 5) is 50.6. The van der Waals surface area contributed by atoms with Crippen molar-refractivity contribution in [3.8, 4) is 0 Å². The normalized spacial score (nSPS) is 20.1. The van der Waals surface area contributed by atoms with Gasteiger partial charge in [0.1, 0.15) is 5.69 Å². The third-order valence-corrected chi connectivity index (χ3v) is 8.50. The van der Waals surface area contributed by atoms with Gasteiger partial charge in [-0.05, 0) is 38.1 Å². The quantitative estimate of drug-likeness (QED) is 0.334. The van der Waals surface area contributed by atoms with Crippen molar-refractivity contribution >= 4 is 51.6 Å². The van der Waals surface area contributed by atoms with Crippen LogP contribution in [0.25, 0.3) is 10.9 Å². The van der Waals surface area contributed by atoms with Crippen LogP contribution in [0.4, 0.5) is 0 Å². The number of rotatable bonds is 8. The summed E-state index contributed by atoms with van der Waals surface area (Å²) in [6.07, 6.45) is 0.799. The molecular weight excluding hydrogens is 528 g/mol. The number of carbonyl (C=O) groups is 3. The fourth-order valence-electron chi connectivity index (χ4n) is 5.07. The van der Waals surface area contributed by atoms with Gasteiger partial charge in [0, 0.05) is 66.0 Å². The maximum Gasteiger partial charge on any atom is 0.304 e. The minimum absolute atomic E-state index is 0.0182. The number of benzene rings is 1. The van der Waals surface area contributed by atoms with E-state index < -0.39 is 18.1 Å². The molecule has 0 spiro atoms. The van der Waals surface area contributed by atoms with Gasteiger partial charge in [0.2, 0.25) is 0 Å². The molecule has 202 valence electrons. The minimum atomic E-state index is -0.890. The number of nitrogens with one attached hydrogen (secondary N) is 3. The first-order valence-corrected chi connectivity index (χ1v) is 13.9. The lowest BCUT2D eigenvalue weighted by atomic mass is 10.1. The average Bonchev–Trinajstić information content (AvgIpc) is 3.58. The summed E-state index contributed by atoms with van der Waals surface area (Å²) in [5, 5.41) is 17.0. The average molecular weight is 559 g/mol. The fraction of sp³-hybridized carbons (Fsp3) is 0.462. The summed E-state index contributed by atoms with van der Waals surface area (Å²) in [5.41, 5.74) is 2.16. The van der Waals surface area contributed by atoms with Gasteiger partial charge in [-0.1, -0.05) is 11.6 Å². The Kier molecular flexibility index (Phi) is 7.71. The summed E-state index contributed by atoms with van der Waals surface area (Å²) in [6, 6.07) is 6.72. The number of amides is 2. The second kappa shape index (κ2) is 11.0. The molecule has 38 heavy (non-hydrogen) atoms. The number of likely N-dealkylation sites (tertiary alicyclic amines) is 1. The molecule has 2 aromatic heterocycles. The smallest absolute Gasteiger partial charge is 0.304 e. The Balaban J connectivity index is 1.29. The lowest BCUT2D eigenvalue weighted by molar-refractivity contribution is -0.137. The van der Waals surface area contributed by atoms with Gasteiger partial charge >= 0.3 is 5.97 Å². The highest BCUT2D eigenvalue weighted by Crippen LogP contribution is 2.27. The van der Waals surface area contributed by atoms with Gasteiger partial charge in [-0.15, -0.1) is 11.3 Å². The van der Waals surface area contributed by atoms with E-state index >= 15 is 0 Å². The van der Waals surface area contributed by atoms with E-state index in [2.05, 4.69) is 39.3 Å². The lowest BCUT2D eigenvalue weighted by Crippen LogP contribution is -2.51. The monoisotopic (exact) mass is 558 g/mol. The van der Waals surface area contributed by atoms with Crippen LogP contribution in [0.2, 0.25) is 5.02 Å². The predicted octanol–water partition coefficient (Wildman–Crippen LogP) is 2.73. The van der Waals surface area contributed by atoms with Crippen molar-refractivity contribution in [3.63, 3.8) is 0 Å². The van der Waals surface area contributed by atoms with Crippen molar-refractivity contribution in [2.24, 2.45) is 0 Å². The van der Waals surface area contributed by atoms with E-state index in [0.717, 1.165) is 41.0 Å². The number of hydrogen-bond acceptors (Lipinski definition) is 7. The Labute approximate surface area is 229 Å². The van der Waals surface area contributed by atoms with Crippen LogP contribution < -0.4 is 10.6 Å². The highest BCUT2D eigenvalue weighted by molar-refractivity contribution is 7.13. The first kappa shape index (κ1) is 26.6. The Hall–Kier alpha value is -2.99. The second-order valence-corrected chi connectivity index (χ2v) is 11.7. The van der Waals surface area contributed by atoms with Crippen molar-refractivity contribution in [1.29, 1.82) is 0 Å². The molecule has 4 N–H and O–H groups in total. The molecule has 0 aliphatic carbocycles. The maximum atomic E-state index is 13.2. The van der Waals surface area contributed by atoms with Crippen molar-refractivity contribution in [2.45, 2.75) is 51.4 Å². The van der Waals surface area contributed by atoms with Crippen LogP contribution in [0, 0.1) is 0 Å². The van der Waals surface area contributed by atoms with Crippen molar-refractivity contribution in [1.82, 2.24) is 30.4 Å². The molecule has 5 rings (SSSR count). The van der Waals surface area contributed by atoms with E-state index in [-0.39, 0.29) is 18.2 Å². The van der Waals surface area contributed by atoms with E-state index in [0.29, 0.717) is 41.4 Å². The number of fused-ring (bicyclic) bond motifs is 2. The number of carbonyl (C=O) groups excluding carboxylic acids is 2. The van der Waals surface area contributed by atoms with Crippen molar-refractivity contribution in [3.05, 3.63) is 50.6 Å². The van der Waals surface area contributed by atoms with Gasteiger partial charge in [-0.25, -0.2) is 4.98 Å². The summed E-state index contributed by atoms with van der Waals surface area (Å²) < 4.78 is 0. The van der Waals surface area contributed by atoms with Crippen LogP contribution >= 0.6 is 22.9 Å². The van der Waals surface area contributed by atoms with Gasteiger partial charge < -0.3 is 20.7 Å². The molecule has 2 unspecified atom stereocenters. The van der Waals surface area contributed by atoms with E-state index in [1.807, 2.05) is 11.0 Å².